The minimum atomic E-state index is -1.24. The van der Waals surface area contributed by atoms with Crippen LogP contribution in [-0.4, -0.2) is 30.1 Å². The summed E-state index contributed by atoms with van der Waals surface area (Å²) in [6.45, 7) is 1.85. The Balaban J connectivity index is 1.52. The highest BCUT2D eigenvalue weighted by Crippen LogP contribution is 2.35. The summed E-state index contributed by atoms with van der Waals surface area (Å²) >= 11 is 1.30. The molecule has 132 valence electrons. The minimum absolute atomic E-state index is 0.0649. The molecule has 1 heterocycles. The van der Waals surface area contributed by atoms with Gasteiger partial charge in [0, 0.05) is 4.90 Å². The molecule has 0 aromatic heterocycles. The molecule has 2 aromatic rings. The third kappa shape index (κ3) is 4.43. The van der Waals surface area contributed by atoms with Crippen LogP contribution in [0.25, 0.3) is 0 Å². The fraction of sp³-hybridized carbons (Fsp3) is 0.278. The van der Waals surface area contributed by atoms with E-state index in [0.29, 0.717) is 17.1 Å². The highest BCUT2D eigenvalue weighted by atomic mass is 32.2. The maximum absolute atomic E-state index is 12.8. The van der Waals surface area contributed by atoms with Gasteiger partial charge in [-0.1, -0.05) is 6.07 Å². The predicted octanol–water partition coefficient (Wildman–Crippen LogP) is 2.67. The summed E-state index contributed by atoms with van der Waals surface area (Å²) in [6.07, 6.45) is 0. The number of halogens is 1. The van der Waals surface area contributed by atoms with Gasteiger partial charge in [0.25, 0.3) is 0 Å². The molecule has 0 saturated carbocycles. The number of thioether (sulfide) groups is 1. The molecular weight excluding hydrogens is 345 g/mol. The molecule has 2 aromatic carbocycles. The summed E-state index contributed by atoms with van der Waals surface area (Å²) in [5.74, 6) is 0.877. The van der Waals surface area contributed by atoms with Gasteiger partial charge >= 0.3 is 0 Å². The van der Waals surface area contributed by atoms with E-state index in [0.717, 1.165) is 4.90 Å². The number of carbonyl (C=O) groups is 1. The van der Waals surface area contributed by atoms with Crippen LogP contribution in [0.1, 0.15) is 12.5 Å². The molecule has 0 aliphatic carbocycles. The number of rotatable bonds is 6. The zero-order valence-electron chi connectivity index (χ0n) is 13.6. The third-order valence-corrected chi connectivity index (χ3v) is 4.82. The zero-order chi connectivity index (χ0) is 17.9. The van der Waals surface area contributed by atoms with Crippen molar-refractivity contribution in [1.29, 1.82) is 0 Å². The van der Waals surface area contributed by atoms with Gasteiger partial charge in [0.05, 0.1) is 12.3 Å². The fourth-order valence-corrected chi connectivity index (χ4v) is 3.06. The Morgan fingerprint density at radius 3 is 2.72 bits per heavy atom. The molecule has 0 spiro atoms. The van der Waals surface area contributed by atoms with Crippen molar-refractivity contribution in [3.05, 3.63) is 53.8 Å². The number of fused-ring (bicyclic) bond motifs is 1. The lowest BCUT2D eigenvalue weighted by Crippen LogP contribution is -2.39. The largest absolute Gasteiger partial charge is 0.454 e. The third-order valence-electron chi connectivity index (χ3n) is 3.81. The molecule has 0 saturated heterocycles. The Morgan fingerprint density at radius 2 is 1.96 bits per heavy atom. The number of hydrogen-bond acceptors (Lipinski definition) is 5. The lowest BCUT2D eigenvalue weighted by atomic mass is 9.95. The number of hydrogen-bond donors (Lipinski definition) is 2. The van der Waals surface area contributed by atoms with Gasteiger partial charge in [-0.15, -0.1) is 11.8 Å². The van der Waals surface area contributed by atoms with Crippen LogP contribution in [0.4, 0.5) is 4.39 Å². The molecule has 0 bridgehead atoms. The van der Waals surface area contributed by atoms with Crippen molar-refractivity contribution in [3.8, 4) is 11.5 Å². The van der Waals surface area contributed by atoms with Crippen LogP contribution >= 0.6 is 11.8 Å². The van der Waals surface area contributed by atoms with Crippen LogP contribution in [0, 0.1) is 5.82 Å². The maximum atomic E-state index is 12.8. The van der Waals surface area contributed by atoms with Crippen LogP contribution in [0.5, 0.6) is 11.5 Å². The lowest BCUT2D eigenvalue weighted by molar-refractivity contribution is -0.119. The van der Waals surface area contributed by atoms with E-state index in [9.17, 15) is 14.3 Å². The van der Waals surface area contributed by atoms with E-state index in [1.165, 1.54) is 23.9 Å². The SMILES string of the molecule is C[C@](O)(CNC(=O)CSc1ccc(F)cc1)c1ccc2c(c1)OCO2. The normalized spacial score (nSPS) is 14.8. The van der Waals surface area contributed by atoms with Crippen molar-refractivity contribution in [2.24, 2.45) is 0 Å². The highest BCUT2D eigenvalue weighted by molar-refractivity contribution is 8.00. The summed E-state index contributed by atoms with van der Waals surface area (Å²) in [4.78, 5) is 12.8. The highest BCUT2D eigenvalue weighted by Gasteiger charge is 2.26. The Hall–Kier alpha value is -2.25. The zero-order valence-corrected chi connectivity index (χ0v) is 14.4. The van der Waals surface area contributed by atoms with Gasteiger partial charge in [0.1, 0.15) is 11.4 Å². The van der Waals surface area contributed by atoms with E-state index in [4.69, 9.17) is 9.47 Å². The lowest BCUT2D eigenvalue weighted by Gasteiger charge is -2.24. The molecule has 1 atom stereocenters. The average Bonchev–Trinajstić information content (AvgIpc) is 3.07. The van der Waals surface area contributed by atoms with Crippen molar-refractivity contribution in [2.45, 2.75) is 17.4 Å². The van der Waals surface area contributed by atoms with Gasteiger partial charge < -0.3 is 19.9 Å². The molecule has 3 rings (SSSR count). The molecule has 1 aliphatic heterocycles. The van der Waals surface area contributed by atoms with Crippen molar-refractivity contribution in [1.82, 2.24) is 5.32 Å². The van der Waals surface area contributed by atoms with E-state index >= 15 is 0 Å². The van der Waals surface area contributed by atoms with E-state index in [1.54, 1.807) is 37.3 Å². The van der Waals surface area contributed by atoms with Crippen LogP contribution in [0.2, 0.25) is 0 Å². The second-order valence-corrected chi connectivity index (χ2v) is 6.91. The quantitative estimate of drug-likeness (QED) is 0.773. The summed E-state index contributed by atoms with van der Waals surface area (Å²) in [5, 5.41) is 13.3. The number of aliphatic hydroxyl groups is 1. The molecule has 2 N–H and O–H groups in total. The van der Waals surface area contributed by atoms with E-state index < -0.39 is 5.60 Å². The fourth-order valence-electron chi connectivity index (χ4n) is 2.34. The van der Waals surface area contributed by atoms with Gasteiger partial charge in [0.15, 0.2) is 11.5 Å². The smallest absolute Gasteiger partial charge is 0.231 e. The molecule has 0 unspecified atom stereocenters. The first-order valence-corrected chi connectivity index (χ1v) is 8.70. The van der Waals surface area contributed by atoms with Crippen LogP contribution in [0.15, 0.2) is 47.4 Å². The Morgan fingerprint density at radius 1 is 1.24 bits per heavy atom. The minimum Gasteiger partial charge on any atom is -0.454 e. The first kappa shape index (κ1) is 17.6. The molecule has 0 fully saturated rings. The summed E-state index contributed by atoms with van der Waals surface area (Å²) < 4.78 is 23.4. The number of nitrogens with one attached hydrogen (secondary N) is 1. The van der Waals surface area contributed by atoms with E-state index in [2.05, 4.69) is 5.32 Å². The molecule has 1 amide bonds. The van der Waals surface area contributed by atoms with Gasteiger partial charge in [-0.05, 0) is 48.9 Å². The number of ether oxygens (including phenoxy) is 2. The van der Waals surface area contributed by atoms with Crippen LogP contribution in [-0.2, 0) is 10.4 Å². The Kier molecular flexibility index (Phi) is 5.15. The Bertz CT molecular complexity index is 764. The molecule has 0 radical (unpaired) electrons. The van der Waals surface area contributed by atoms with Gasteiger partial charge in [0.2, 0.25) is 12.7 Å². The number of carbonyl (C=O) groups excluding carboxylic acids is 1. The number of benzene rings is 2. The molecule has 25 heavy (non-hydrogen) atoms. The van der Waals surface area contributed by atoms with Crippen molar-refractivity contribution in [2.75, 3.05) is 19.1 Å². The monoisotopic (exact) mass is 363 g/mol. The van der Waals surface area contributed by atoms with Crippen molar-refractivity contribution in [3.63, 3.8) is 0 Å². The van der Waals surface area contributed by atoms with Crippen LogP contribution in [0.3, 0.4) is 0 Å². The summed E-state index contributed by atoms with van der Waals surface area (Å²) in [7, 11) is 0. The average molecular weight is 363 g/mol. The topological polar surface area (TPSA) is 67.8 Å². The van der Waals surface area contributed by atoms with Crippen molar-refractivity contribution < 1.29 is 23.8 Å². The molecule has 1 aliphatic rings. The van der Waals surface area contributed by atoms with E-state index in [-0.39, 0.29) is 30.8 Å². The predicted molar refractivity (Wildman–Crippen MR) is 92.3 cm³/mol. The number of amides is 1. The van der Waals surface area contributed by atoms with Gasteiger partial charge in [-0.25, -0.2) is 4.39 Å². The van der Waals surface area contributed by atoms with E-state index in [1.807, 2.05) is 0 Å². The van der Waals surface area contributed by atoms with Gasteiger partial charge in [-0.3, -0.25) is 4.79 Å². The van der Waals surface area contributed by atoms with Crippen LogP contribution < -0.4 is 14.8 Å². The molecular formula is C18H18FNO4S. The molecule has 5 nitrogen and oxygen atoms in total. The second-order valence-electron chi connectivity index (χ2n) is 5.86. The maximum Gasteiger partial charge on any atom is 0.231 e. The molecule has 7 heteroatoms. The second kappa shape index (κ2) is 7.33. The Labute approximate surface area is 149 Å². The van der Waals surface area contributed by atoms with Crippen molar-refractivity contribution >= 4 is 17.7 Å². The first-order chi connectivity index (χ1) is 11.9. The van der Waals surface area contributed by atoms with Gasteiger partial charge in [-0.2, -0.15) is 0 Å². The summed E-state index contributed by atoms with van der Waals surface area (Å²) in [5.41, 5.74) is -0.611. The first-order valence-electron chi connectivity index (χ1n) is 7.72. The summed E-state index contributed by atoms with van der Waals surface area (Å²) in [6, 6.07) is 11.1. The standard InChI is InChI=1S/C18H18FNO4S/c1-18(22,12-2-7-15-16(8-12)24-11-23-15)10-20-17(21)9-25-14-5-3-13(19)4-6-14/h2-8,22H,9-11H2,1H3,(H,20,21)/t18-/m0/s1.